The van der Waals surface area contributed by atoms with E-state index >= 15 is 0 Å². The molecule has 0 saturated carbocycles. The van der Waals surface area contributed by atoms with E-state index in [1.807, 2.05) is 48.5 Å². The Bertz CT molecular complexity index is 792. The summed E-state index contributed by atoms with van der Waals surface area (Å²) >= 11 is 0. The molecule has 0 aliphatic heterocycles. The van der Waals surface area contributed by atoms with Crippen LogP contribution in [0.15, 0.2) is 79.0 Å². The average Bonchev–Trinajstić information content (AvgIpc) is 2.71. The molecule has 2 unspecified atom stereocenters. The Morgan fingerprint density at radius 2 is 1.70 bits per heavy atom. The van der Waals surface area contributed by atoms with Crippen molar-refractivity contribution in [1.82, 2.24) is 10.3 Å². The van der Waals surface area contributed by atoms with Gasteiger partial charge in [0.1, 0.15) is 0 Å². The van der Waals surface area contributed by atoms with Crippen molar-refractivity contribution in [3.63, 3.8) is 0 Å². The van der Waals surface area contributed by atoms with Crippen LogP contribution >= 0.6 is 0 Å². The van der Waals surface area contributed by atoms with Gasteiger partial charge in [-0.2, -0.15) is 0 Å². The molecule has 2 atom stereocenters. The van der Waals surface area contributed by atoms with E-state index in [1.165, 1.54) is 5.56 Å². The third kappa shape index (κ3) is 6.00. The van der Waals surface area contributed by atoms with Crippen molar-refractivity contribution in [2.45, 2.75) is 25.7 Å². The zero-order chi connectivity index (χ0) is 18.9. The van der Waals surface area contributed by atoms with Gasteiger partial charge < -0.3 is 15.2 Å². The number of nitrogens with one attached hydrogen (secondary N) is 1. The number of hydrogen-bond acceptors (Lipinski definition) is 4. The van der Waals surface area contributed by atoms with Gasteiger partial charge in [-0.15, -0.1) is 0 Å². The molecule has 0 fully saturated rings. The normalized spacial score (nSPS) is 13.3. The van der Waals surface area contributed by atoms with E-state index in [2.05, 4.69) is 41.5 Å². The van der Waals surface area contributed by atoms with Crippen molar-refractivity contribution in [2.75, 3.05) is 13.2 Å². The molecule has 0 bridgehead atoms. The summed E-state index contributed by atoms with van der Waals surface area (Å²) < 4.78 is 5.64. The zero-order valence-corrected chi connectivity index (χ0v) is 15.6. The van der Waals surface area contributed by atoms with Gasteiger partial charge in [-0.25, -0.2) is 0 Å². The summed E-state index contributed by atoms with van der Waals surface area (Å²) in [7, 11) is 0. The summed E-state index contributed by atoms with van der Waals surface area (Å²) in [5, 5.41) is 13.7. The first kappa shape index (κ1) is 19.2. The lowest BCUT2D eigenvalue weighted by Gasteiger charge is -2.21. The van der Waals surface area contributed by atoms with Crippen molar-refractivity contribution in [1.29, 1.82) is 0 Å². The van der Waals surface area contributed by atoms with Gasteiger partial charge in [0.25, 0.3) is 0 Å². The predicted octanol–water partition coefficient (Wildman–Crippen LogP) is 3.65. The summed E-state index contributed by atoms with van der Waals surface area (Å²) in [6, 6.07) is 24.1. The lowest BCUT2D eigenvalue weighted by Crippen LogP contribution is -2.34. The molecular weight excluding hydrogens is 336 g/mol. The number of rotatable bonds is 9. The van der Waals surface area contributed by atoms with Gasteiger partial charge >= 0.3 is 0 Å². The van der Waals surface area contributed by atoms with Crippen LogP contribution in [0.2, 0.25) is 0 Å². The topological polar surface area (TPSA) is 54.4 Å². The molecule has 0 amide bonds. The minimum Gasteiger partial charge on any atom is -0.389 e. The van der Waals surface area contributed by atoms with E-state index in [4.69, 9.17) is 4.74 Å². The lowest BCUT2D eigenvalue weighted by molar-refractivity contribution is 0.0280. The molecule has 27 heavy (non-hydrogen) atoms. The van der Waals surface area contributed by atoms with Gasteiger partial charge in [-0.05, 0) is 30.2 Å². The van der Waals surface area contributed by atoms with E-state index < -0.39 is 6.10 Å². The second-order valence-corrected chi connectivity index (χ2v) is 6.66. The van der Waals surface area contributed by atoms with Crippen LogP contribution in [0.3, 0.4) is 0 Å². The number of aliphatic hydroxyl groups excluding tert-OH is 1. The van der Waals surface area contributed by atoms with E-state index in [0.29, 0.717) is 13.2 Å². The average molecular weight is 362 g/mol. The number of aromatic nitrogens is 1. The summed E-state index contributed by atoms with van der Waals surface area (Å²) in [4.78, 5) is 4.48. The van der Waals surface area contributed by atoms with E-state index in [0.717, 1.165) is 16.8 Å². The van der Waals surface area contributed by atoms with Crippen LogP contribution in [0.4, 0.5) is 0 Å². The number of ether oxygens (including phenoxy) is 1. The highest BCUT2D eigenvalue weighted by Crippen LogP contribution is 2.20. The Hall–Kier alpha value is -2.53. The predicted molar refractivity (Wildman–Crippen MR) is 107 cm³/mol. The third-order valence-electron chi connectivity index (χ3n) is 4.37. The number of hydrogen-bond donors (Lipinski definition) is 2. The SMILES string of the molecule is Cc1ccc(C(NCC(O)COCc2ccccc2)c2ccccn2)cc1. The van der Waals surface area contributed by atoms with Gasteiger partial charge in [0.15, 0.2) is 0 Å². The molecule has 2 aromatic carbocycles. The van der Waals surface area contributed by atoms with E-state index in [9.17, 15) is 5.11 Å². The molecule has 4 nitrogen and oxygen atoms in total. The van der Waals surface area contributed by atoms with Crippen LogP contribution in [0.5, 0.6) is 0 Å². The second kappa shape index (κ2) is 9.97. The lowest BCUT2D eigenvalue weighted by atomic mass is 10.0. The van der Waals surface area contributed by atoms with E-state index in [-0.39, 0.29) is 12.6 Å². The number of aliphatic hydroxyl groups is 1. The Kier molecular flexibility index (Phi) is 7.11. The van der Waals surface area contributed by atoms with Crippen molar-refractivity contribution < 1.29 is 9.84 Å². The summed E-state index contributed by atoms with van der Waals surface area (Å²) in [5.41, 5.74) is 4.37. The summed E-state index contributed by atoms with van der Waals surface area (Å²) in [6.45, 7) is 3.27. The van der Waals surface area contributed by atoms with Crippen molar-refractivity contribution >= 4 is 0 Å². The fraction of sp³-hybridized carbons (Fsp3) is 0.261. The summed E-state index contributed by atoms with van der Waals surface area (Å²) in [5.74, 6) is 0. The number of benzene rings is 2. The van der Waals surface area contributed by atoms with Crippen LogP contribution in [0.25, 0.3) is 0 Å². The molecule has 0 radical (unpaired) electrons. The van der Waals surface area contributed by atoms with Crippen LogP contribution in [-0.4, -0.2) is 29.3 Å². The molecule has 0 aliphatic carbocycles. The minimum atomic E-state index is -0.592. The standard InChI is InChI=1S/C23H26N2O2/c1-18-10-12-20(13-11-18)23(22-9-5-6-14-24-22)25-15-21(26)17-27-16-19-7-3-2-4-8-19/h2-14,21,23,25-26H,15-17H2,1H3. The quantitative estimate of drug-likeness (QED) is 0.610. The number of aryl methyl sites for hydroxylation is 1. The maximum atomic E-state index is 10.3. The van der Waals surface area contributed by atoms with Gasteiger partial charge in [-0.3, -0.25) is 4.98 Å². The maximum Gasteiger partial charge on any atom is 0.0898 e. The highest BCUT2D eigenvalue weighted by Gasteiger charge is 2.16. The van der Waals surface area contributed by atoms with Gasteiger partial charge in [0, 0.05) is 12.7 Å². The molecule has 3 aromatic rings. The first-order valence-electron chi connectivity index (χ1n) is 9.23. The van der Waals surface area contributed by atoms with Gasteiger partial charge in [0.05, 0.1) is 31.1 Å². The maximum absolute atomic E-state index is 10.3. The summed E-state index contributed by atoms with van der Waals surface area (Å²) in [6.07, 6.45) is 1.20. The molecule has 1 heterocycles. The van der Waals surface area contributed by atoms with Crippen molar-refractivity contribution in [3.05, 3.63) is 101 Å². The minimum absolute atomic E-state index is 0.0735. The molecule has 4 heteroatoms. The van der Waals surface area contributed by atoms with Crippen LogP contribution in [0, 0.1) is 6.92 Å². The Morgan fingerprint density at radius 3 is 2.41 bits per heavy atom. The smallest absolute Gasteiger partial charge is 0.0898 e. The van der Waals surface area contributed by atoms with Crippen molar-refractivity contribution in [2.24, 2.45) is 0 Å². The Labute approximate surface area is 160 Å². The molecule has 1 aromatic heterocycles. The second-order valence-electron chi connectivity index (χ2n) is 6.66. The Balaban J connectivity index is 1.56. The van der Waals surface area contributed by atoms with E-state index in [1.54, 1.807) is 6.20 Å². The van der Waals surface area contributed by atoms with Crippen LogP contribution in [-0.2, 0) is 11.3 Å². The Morgan fingerprint density at radius 1 is 0.963 bits per heavy atom. The molecule has 0 saturated heterocycles. The van der Waals surface area contributed by atoms with Crippen LogP contribution in [0.1, 0.15) is 28.4 Å². The molecule has 3 rings (SSSR count). The number of pyridine rings is 1. The third-order valence-corrected chi connectivity index (χ3v) is 4.37. The van der Waals surface area contributed by atoms with Gasteiger partial charge in [0.2, 0.25) is 0 Å². The monoisotopic (exact) mass is 362 g/mol. The first-order valence-corrected chi connectivity index (χ1v) is 9.23. The number of nitrogens with zero attached hydrogens (tertiary/aromatic N) is 1. The molecule has 0 aliphatic rings. The highest BCUT2D eigenvalue weighted by atomic mass is 16.5. The molecular formula is C23H26N2O2. The van der Waals surface area contributed by atoms with Crippen molar-refractivity contribution in [3.8, 4) is 0 Å². The zero-order valence-electron chi connectivity index (χ0n) is 15.6. The fourth-order valence-corrected chi connectivity index (χ4v) is 2.90. The fourth-order valence-electron chi connectivity index (χ4n) is 2.90. The molecule has 140 valence electrons. The highest BCUT2D eigenvalue weighted by molar-refractivity contribution is 5.30. The largest absolute Gasteiger partial charge is 0.389 e. The van der Waals surface area contributed by atoms with Crippen LogP contribution < -0.4 is 5.32 Å². The molecule has 2 N–H and O–H groups in total. The first-order chi connectivity index (χ1) is 13.2. The van der Waals surface area contributed by atoms with Gasteiger partial charge in [-0.1, -0.05) is 66.2 Å². The molecule has 0 spiro atoms.